The highest BCUT2D eigenvalue weighted by Gasteiger charge is 2.29. The molecule has 2 rings (SSSR count). The molecule has 1 amide bonds. The van der Waals surface area contributed by atoms with E-state index in [1.807, 2.05) is 0 Å². The normalized spacial score (nSPS) is 31.3. The van der Waals surface area contributed by atoms with Crippen molar-refractivity contribution in [3.05, 3.63) is 0 Å². The van der Waals surface area contributed by atoms with Gasteiger partial charge in [-0.15, -0.1) is 0 Å². The fourth-order valence-corrected chi connectivity index (χ4v) is 3.48. The van der Waals surface area contributed by atoms with E-state index in [-0.39, 0.29) is 0 Å². The summed E-state index contributed by atoms with van der Waals surface area (Å²) in [6, 6.07) is 0. The standard InChI is InChI=1S/C12H20BrNO/c13-7-10-5-2-6-11(10)8-14-12(15)9-3-1-4-9/h9-11H,1-8H2,(H,14,15). The molecule has 0 aromatic rings. The minimum absolute atomic E-state index is 0.307. The van der Waals surface area contributed by atoms with E-state index in [9.17, 15) is 4.79 Å². The lowest BCUT2D eigenvalue weighted by molar-refractivity contribution is -0.127. The Morgan fingerprint density at radius 3 is 2.40 bits per heavy atom. The molecule has 0 spiro atoms. The highest BCUT2D eigenvalue weighted by molar-refractivity contribution is 9.09. The molecule has 0 aromatic heterocycles. The fraction of sp³-hybridized carbons (Fsp3) is 0.917. The summed E-state index contributed by atoms with van der Waals surface area (Å²) in [5.41, 5.74) is 0. The van der Waals surface area contributed by atoms with Crippen LogP contribution in [0.2, 0.25) is 0 Å². The molecule has 2 nitrogen and oxygen atoms in total. The van der Waals surface area contributed by atoms with Gasteiger partial charge in [-0.3, -0.25) is 4.79 Å². The van der Waals surface area contributed by atoms with Crippen LogP contribution in [0.1, 0.15) is 38.5 Å². The molecular formula is C12H20BrNO. The van der Waals surface area contributed by atoms with Crippen LogP contribution in [0.15, 0.2) is 0 Å². The number of nitrogens with one attached hydrogen (secondary N) is 1. The third-order valence-corrected chi connectivity index (χ3v) is 4.86. The van der Waals surface area contributed by atoms with Crippen LogP contribution in [0.25, 0.3) is 0 Å². The summed E-state index contributed by atoms with van der Waals surface area (Å²) in [7, 11) is 0. The third-order valence-electron chi connectivity index (χ3n) is 4.03. The molecule has 0 bridgehead atoms. The first-order valence-electron chi connectivity index (χ1n) is 6.15. The molecule has 15 heavy (non-hydrogen) atoms. The van der Waals surface area contributed by atoms with E-state index in [4.69, 9.17) is 0 Å². The predicted molar refractivity (Wildman–Crippen MR) is 65.0 cm³/mol. The number of carbonyl (C=O) groups is 1. The average molecular weight is 274 g/mol. The lowest BCUT2D eigenvalue weighted by Gasteiger charge is -2.25. The lowest BCUT2D eigenvalue weighted by Crippen LogP contribution is -2.38. The second-order valence-corrected chi connectivity index (χ2v) is 5.63. The van der Waals surface area contributed by atoms with E-state index in [1.54, 1.807) is 0 Å². The summed E-state index contributed by atoms with van der Waals surface area (Å²) in [5, 5.41) is 4.23. The molecule has 2 fully saturated rings. The highest BCUT2D eigenvalue weighted by atomic mass is 79.9. The second kappa shape index (κ2) is 5.33. The Balaban J connectivity index is 1.70. The first-order valence-corrected chi connectivity index (χ1v) is 7.27. The minimum atomic E-state index is 0.307. The van der Waals surface area contributed by atoms with Gasteiger partial charge in [-0.2, -0.15) is 0 Å². The SMILES string of the molecule is O=C(NCC1CCCC1CBr)C1CCC1. The van der Waals surface area contributed by atoms with Crippen molar-refractivity contribution in [1.29, 1.82) is 0 Å². The Bertz CT molecular complexity index is 228. The first-order chi connectivity index (χ1) is 7.31. The molecule has 2 aliphatic carbocycles. The van der Waals surface area contributed by atoms with Gasteiger partial charge in [0.25, 0.3) is 0 Å². The van der Waals surface area contributed by atoms with Gasteiger partial charge in [0.05, 0.1) is 0 Å². The van der Waals surface area contributed by atoms with Crippen molar-refractivity contribution in [3.8, 4) is 0 Å². The van der Waals surface area contributed by atoms with Crippen molar-refractivity contribution in [2.75, 3.05) is 11.9 Å². The molecule has 0 aromatic carbocycles. The van der Waals surface area contributed by atoms with Crippen molar-refractivity contribution in [1.82, 2.24) is 5.32 Å². The van der Waals surface area contributed by atoms with Crippen LogP contribution in [-0.4, -0.2) is 17.8 Å². The average Bonchev–Trinajstić information content (AvgIpc) is 2.58. The Kier molecular flexibility index (Phi) is 4.06. The maximum absolute atomic E-state index is 11.7. The number of hydrogen-bond acceptors (Lipinski definition) is 1. The number of amides is 1. The summed E-state index contributed by atoms with van der Waals surface area (Å²) < 4.78 is 0. The van der Waals surface area contributed by atoms with Crippen LogP contribution >= 0.6 is 15.9 Å². The Morgan fingerprint density at radius 2 is 1.80 bits per heavy atom. The number of rotatable bonds is 4. The summed E-state index contributed by atoms with van der Waals surface area (Å²) in [5.74, 6) is 2.15. The summed E-state index contributed by atoms with van der Waals surface area (Å²) in [6.07, 6.45) is 7.42. The molecular weight excluding hydrogens is 254 g/mol. The van der Waals surface area contributed by atoms with E-state index in [0.717, 1.165) is 30.6 Å². The molecule has 0 aliphatic heterocycles. The van der Waals surface area contributed by atoms with Gasteiger partial charge in [0.1, 0.15) is 0 Å². The van der Waals surface area contributed by atoms with Crippen LogP contribution in [0.3, 0.4) is 0 Å². The van der Waals surface area contributed by atoms with Crippen molar-refractivity contribution in [2.45, 2.75) is 38.5 Å². The molecule has 0 radical (unpaired) electrons. The number of carbonyl (C=O) groups excluding carboxylic acids is 1. The van der Waals surface area contributed by atoms with E-state index in [2.05, 4.69) is 21.2 Å². The van der Waals surface area contributed by atoms with Gasteiger partial charge in [0, 0.05) is 17.8 Å². The Hall–Kier alpha value is -0.0500. The zero-order valence-corrected chi connectivity index (χ0v) is 10.8. The van der Waals surface area contributed by atoms with E-state index in [0.29, 0.717) is 17.7 Å². The number of halogens is 1. The molecule has 2 aliphatic rings. The molecule has 2 unspecified atom stereocenters. The lowest BCUT2D eigenvalue weighted by atomic mass is 9.84. The quantitative estimate of drug-likeness (QED) is 0.785. The van der Waals surface area contributed by atoms with E-state index < -0.39 is 0 Å². The highest BCUT2D eigenvalue weighted by Crippen LogP contribution is 2.33. The molecule has 2 atom stereocenters. The van der Waals surface area contributed by atoms with Crippen LogP contribution < -0.4 is 5.32 Å². The van der Waals surface area contributed by atoms with Gasteiger partial charge in [0.15, 0.2) is 0 Å². The minimum Gasteiger partial charge on any atom is -0.356 e. The smallest absolute Gasteiger partial charge is 0.223 e. The van der Waals surface area contributed by atoms with E-state index >= 15 is 0 Å². The van der Waals surface area contributed by atoms with Crippen LogP contribution in [0.5, 0.6) is 0 Å². The van der Waals surface area contributed by atoms with Gasteiger partial charge >= 0.3 is 0 Å². The van der Waals surface area contributed by atoms with Gasteiger partial charge in [0.2, 0.25) is 5.91 Å². The first kappa shape index (κ1) is 11.4. The maximum atomic E-state index is 11.7. The van der Waals surface area contributed by atoms with Crippen LogP contribution in [-0.2, 0) is 4.79 Å². The summed E-state index contributed by atoms with van der Waals surface area (Å²) in [4.78, 5) is 11.7. The van der Waals surface area contributed by atoms with Gasteiger partial charge in [-0.05, 0) is 37.5 Å². The molecule has 1 N–H and O–H groups in total. The zero-order valence-electron chi connectivity index (χ0n) is 9.18. The van der Waals surface area contributed by atoms with Gasteiger partial charge < -0.3 is 5.32 Å². The number of hydrogen-bond donors (Lipinski definition) is 1. The number of alkyl halides is 1. The largest absolute Gasteiger partial charge is 0.356 e. The van der Waals surface area contributed by atoms with Crippen LogP contribution in [0.4, 0.5) is 0 Å². The van der Waals surface area contributed by atoms with Crippen LogP contribution in [0, 0.1) is 17.8 Å². The Morgan fingerprint density at radius 1 is 1.13 bits per heavy atom. The second-order valence-electron chi connectivity index (χ2n) is 4.98. The van der Waals surface area contributed by atoms with Crippen molar-refractivity contribution in [3.63, 3.8) is 0 Å². The van der Waals surface area contributed by atoms with Crippen molar-refractivity contribution < 1.29 is 4.79 Å². The Labute approximate surface area is 100 Å². The van der Waals surface area contributed by atoms with Crippen molar-refractivity contribution >= 4 is 21.8 Å². The molecule has 3 heteroatoms. The predicted octanol–water partition coefficient (Wildman–Crippen LogP) is 2.71. The monoisotopic (exact) mass is 273 g/mol. The summed E-state index contributed by atoms with van der Waals surface area (Å²) in [6.45, 7) is 0.908. The zero-order chi connectivity index (χ0) is 10.7. The van der Waals surface area contributed by atoms with Gasteiger partial charge in [-0.1, -0.05) is 28.8 Å². The topological polar surface area (TPSA) is 29.1 Å². The molecule has 2 saturated carbocycles. The third kappa shape index (κ3) is 2.74. The fourth-order valence-electron chi connectivity index (χ4n) is 2.63. The van der Waals surface area contributed by atoms with Crippen molar-refractivity contribution in [2.24, 2.45) is 17.8 Å². The molecule has 86 valence electrons. The summed E-state index contributed by atoms with van der Waals surface area (Å²) >= 11 is 3.56. The van der Waals surface area contributed by atoms with E-state index in [1.165, 1.54) is 25.7 Å². The molecule has 0 heterocycles. The maximum Gasteiger partial charge on any atom is 0.223 e. The molecule has 0 saturated heterocycles. The van der Waals surface area contributed by atoms with Gasteiger partial charge in [-0.25, -0.2) is 0 Å².